The molecule has 4 N–H and O–H groups in total. The molecule has 3 aromatic rings. The molecular formula is C29H28F3N3O6. The predicted molar refractivity (Wildman–Crippen MR) is 146 cm³/mol. The predicted octanol–water partition coefficient (Wildman–Crippen LogP) is 5.65. The molecule has 9 nitrogen and oxygen atoms in total. The Morgan fingerprint density at radius 2 is 1.51 bits per heavy atom. The number of carbonyl (C=O) groups is 3. The number of aryl methyl sites for hydroxylation is 2. The number of carboxylic acids is 1. The van der Waals surface area contributed by atoms with E-state index < -0.39 is 12.1 Å². The summed E-state index contributed by atoms with van der Waals surface area (Å²) in [7, 11) is 0. The molecule has 0 radical (unpaired) electrons. The van der Waals surface area contributed by atoms with E-state index in [0.29, 0.717) is 47.2 Å². The Morgan fingerprint density at radius 1 is 0.854 bits per heavy atom. The average Bonchev–Trinajstić information content (AvgIpc) is 3.19. The standard InChI is InChI=1S/C27H27N3O4.C2HF3O2/c1-17-5-8-21(29-26(31)20-7-10-24-25(15-20)34-13-12-33-24)16-23(17)30-27(32)19-6-9-22-18(14-19)4-2-3-11-28-22;3-2(4,5)1(6)7/h5-10,14-16,28H,2-4,11-13H2,1H3,(H,29,31)(H,30,32);(H,6,7). The van der Waals surface area contributed by atoms with Gasteiger partial charge in [0.05, 0.1) is 0 Å². The van der Waals surface area contributed by atoms with E-state index in [1.165, 1.54) is 5.56 Å². The Labute approximate surface area is 233 Å². The zero-order chi connectivity index (χ0) is 29.6. The lowest BCUT2D eigenvalue weighted by Gasteiger charge is -2.18. The number of halogens is 3. The molecule has 3 aromatic carbocycles. The maximum atomic E-state index is 13.0. The van der Waals surface area contributed by atoms with Crippen molar-refractivity contribution in [3.63, 3.8) is 0 Å². The van der Waals surface area contributed by atoms with Crippen molar-refractivity contribution in [3.8, 4) is 11.5 Å². The van der Waals surface area contributed by atoms with E-state index in [1.54, 1.807) is 24.3 Å². The zero-order valence-corrected chi connectivity index (χ0v) is 22.1. The summed E-state index contributed by atoms with van der Waals surface area (Å²) in [6, 6.07) is 16.4. The second kappa shape index (κ2) is 12.6. The molecule has 0 spiro atoms. The molecule has 0 saturated carbocycles. The Kier molecular flexibility index (Phi) is 9.00. The molecule has 5 rings (SSSR count). The van der Waals surface area contributed by atoms with Gasteiger partial charge in [0.2, 0.25) is 0 Å². The van der Waals surface area contributed by atoms with Gasteiger partial charge in [0.1, 0.15) is 13.2 Å². The van der Waals surface area contributed by atoms with Crippen LogP contribution in [0.15, 0.2) is 54.6 Å². The monoisotopic (exact) mass is 571 g/mol. The van der Waals surface area contributed by atoms with Gasteiger partial charge >= 0.3 is 12.1 Å². The Bertz CT molecular complexity index is 1460. The topological polar surface area (TPSA) is 126 Å². The van der Waals surface area contributed by atoms with E-state index in [0.717, 1.165) is 37.1 Å². The number of carbonyl (C=O) groups excluding carboxylic acids is 2. The third-order valence-electron chi connectivity index (χ3n) is 6.35. The molecule has 0 fully saturated rings. The van der Waals surface area contributed by atoms with E-state index in [1.807, 2.05) is 37.3 Å². The second-order valence-electron chi connectivity index (χ2n) is 9.36. The molecule has 0 aliphatic carbocycles. The fraction of sp³-hybridized carbons (Fsp3) is 0.276. The molecule has 41 heavy (non-hydrogen) atoms. The highest BCUT2D eigenvalue weighted by atomic mass is 19.4. The molecule has 0 atom stereocenters. The van der Waals surface area contributed by atoms with Crippen molar-refractivity contribution in [2.45, 2.75) is 32.4 Å². The summed E-state index contributed by atoms with van der Waals surface area (Å²) in [4.78, 5) is 34.7. The lowest BCUT2D eigenvalue weighted by molar-refractivity contribution is -0.192. The highest BCUT2D eigenvalue weighted by Gasteiger charge is 2.38. The van der Waals surface area contributed by atoms with Gasteiger partial charge in [0.15, 0.2) is 11.5 Å². The van der Waals surface area contributed by atoms with Crippen LogP contribution < -0.4 is 25.4 Å². The summed E-state index contributed by atoms with van der Waals surface area (Å²) in [5, 5.41) is 16.4. The van der Waals surface area contributed by atoms with Crippen LogP contribution in [0.1, 0.15) is 44.7 Å². The quantitative estimate of drug-likeness (QED) is 0.319. The van der Waals surface area contributed by atoms with Crippen LogP contribution in [0.5, 0.6) is 11.5 Å². The summed E-state index contributed by atoms with van der Waals surface area (Å²) in [5.74, 6) is -2.00. The smallest absolute Gasteiger partial charge is 0.486 e. The molecule has 2 heterocycles. The molecule has 216 valence electrons. The molecule has 12 heteroatoms. The van der Waals surface area contributed by atoms with Gasteiger partial charge in [-0.15, -0.1) is 0 Å². The number of ether oxygens (including phenoxy) is 2. The van der Waals surface area contributed by atoms with Crippen LogP contribution in [0.3, 0.4) is 0 Å². The largest absolute Gasteiger partial charge is 0.490 e. The van der Waals surface area contributed by atoms with Crippen molar-refractivity contribution < 1.29 is 42.1 Å². The highest BCUT2D eigenvalue weighted by Crippen LogP contribution is 2.31. The number of hydrogen-bond donors (Lipinski definition) is 4. The van der Waals surface area contributed by atoms with Crippen molar-refractivity contribution in [3.05, 3.63) is 76.9 Å². The first-order valence-corrected chi connectivity index (χ1v) is 12.8. The van der Waals surface area contributed by atoms with Gasteiger partial charge in [0.25, 0.3) is 11.8 Å². The van der Waals surface area contributed by atoms with E-state index >= 15 is 0 Å². The summed E-state index contributed by atoms with van der Waals surface area (Å²) >= 11 is 0. The van der Waals surface area contributed by atoms with Crippen LogP contribution in [0.2, 0.25) is 0 Å². The van der Waals surface area contributed by atoms with Crippen LogP contribution in [0.4, 0.5) is 30.2 Å². The Balaban J connectivity index is 0.000000493. The van der Waals surface area contributed by atoms with Crippen molar-refractivity contribution in [2.24, 2.45) is 0 Å². The van der Waals surface area contributed by atoms with Crippen LogP contribution in [-0.4, -0.2) is 48.8 Å². The number of benzene rings is 3. The third-order valence-corrected chi connectivity index (χ3v) is 6.35. The molecule has 2 aliphatic heterocycles. The van der Waals surface area contributed by atoms with Crippen molar-refractivity contribution in [1.82, 2.24) is 0 Å². The maximum absolute atomic E-state index is 13.0. The van der Waals surface area contributed by atoms with E-state index in [4.69, 9.17) is 19.4 Å². The van der Waals surface area contributed by atoms with Gasteiger partial charge in [-0.1, -0.05) is 6.07 Å². The highest BCUT2D eigenvalue weighted by molar-refractivity contribution is 6.07. The van der Waals surface area contributed by atoms with Gasteiger partial charge in [0, 0.05) is 34.7 Å². The van der Waals surface area contributed by atoms with Crippen molar-refractivity contribution in [1.29, 1.82) is 0 Å². The number of fused-ring (bicyclic) bond motifs is 2. The Morgan fingerprint density at radius 3 is 2.24 bits per heavy atom. The van der Waals surface area contributed by atoms with E-state index in [2.05, 4.69) is 16.0 Å². The number of rotatable bonds is 4. The molecule has 2 aliphatic rings. The minimum atomic E-state index is -5.08. The molecule has 0 aromatic heterocycles. The SMILES string of the molecule is Cc1ccc(NC(=O)c2ccc3c(c2)OCCO3)cc1NC(=O)c1ccc2c(c1)CCCCN2.O=C(O)C(F)(F)F. The molecule has 2 amide bonds. The van der Waals surface area contributed by atoms with Gasteiger partial charge in [-0.05, 0) is 85.8 Å². The lowest BCUT2D eigenvalue weighted by atomic mass is 10.0. The summed E-state index contributed by atoms with van der Waals surface area (Å²) in [6.45, 7) is 3.84. The first kappa shape index (κ1) is 29.2. The number of hydrogen-bond acceptors (Lipinski definition) is 6. The first-order valence-electron chi connectivity index (χ1n) is 12.8. The lowest BCUT2D eigenvalue weighted by Crippen LogP contribution is -2.21. The number of nitrogens with one attached hydrogen (secondary N) is 3. The number of anilines is 3. The second-order valence-corrected chi connectivity index (χ2v) is 9.36. The maximum Gasteiger partial charge on any atom is 0.490 e. The van der Waals surface area contributed by atoms with E-state index in [-0.39, 0.29) is 11.8 Å². The molecule has 0 saturated heterocycles. The number of amides is 2. The third kappa shape index (κ3) is 7.68. The van der Waals surface area contributed by atoms with Crippen molar-refractivity contribution in [2.75, 3.05) is 35.7 Å². The normalized spacial score (nSPS) is 13.8. The van der Waals surface area contributed by atoms with Gasteiger partial charge in [-0.3, -0.25) is 9.59 Å². The number of carboxylic acid groups (broad SMARTS) is 1. The fourth-order valence-electron chi connectivity index (χ4n) is 4.19. The molecule has 0 unspecified atom stereocenters. The Hall–Kier alpha value is -4.74. The average molecular weight is 572 g/mol. The van der Waals surface area contributed by atoms with Crippen LogP contribution in [0.25, 0.3) is 0 Å². The van der Waals surface area contributed by atoms with Gasteiger partial charge in [-0.25, -0.2) is 4.79 Å². The minimum Gasteiger partial charge on any atom is -0.486 e. The van der Waals surface area contributed by atoms with Gasteiger partial charge < -0.3 is 30.5 Å². The zero-order valence-electron chi connectivity index (χ0n) is 22.1. The first-order chi connectivity index (χ1) is 19.5. The van der Waals surface area contributed by atoms with Crippen LogP contribution in [-0.2, 0) is 11.2 Å². The number of alkyl halides is 3. The summed E-state index contributed by atoms with van der Waals surface area (Å²) in [5.41, 5.74) is 5.50. The van der Waals surface area contributed by atoms with Crippen LogP contribution in [0, 0.1) is 6.92 Å². The summed E-state index contributed by atoms with van der Waals surface area (Å²) < 4.78 is 42.8. The number of aliphatic carboxylic acids is 1. The summed E-state index contributed by atoms with van der Waals surface area (Å²) in [6.07, 6.45) is -1.89. The molecular weight excluding hydrogens is 543 g/mol. The van der Waals surface area contributed by atoms with Crippen LogP contribution >= 0.6 is 0 Å². The van der Waals surface area contributed by atoms with E-state index in [9.17, 15) is 22.8 Å². The molecule has 0 bridgehead atoms. The van der Waals surface area contributed by atoms with Crippen molar-refractivity contribution >= 4 is 34.8 Å². The fourth-order valence-corrected chi connectivity index (χ4v) is 4.19. The van der Waals surface area contributed by atoms with Gasteiger partial charge in [-0.2, -0.15) is 13.2 Å². The minimum absolute atomic E-state index is 0.176.